The van der Waals surface area contributed by atoms with Crippen molar-refractivity contribution in [3.63, 3.8) is 0 Å². The molecule has 2 aromatic carbocycles. The molecule has 0 aliphatic carbocycles. The molecule has 0 aliphatic heterocycles. The molecular formula is C14H7BrFN3S. The van der Waals surface area contributed by atoms with Gasteiger partial charge in [0.25, 0.3) is 0 Å². The molecule has 1 aromatic heterocycles. The second-order valence-electron chi connectivity index (χ2n) is 4.21. The minimum Gasteiger partial charge on any atom is -0.330 e. The van der Waals surface area contributed by atoms with Gasteiger partial charge in [0, 0.05) is 4.47 Å². The SMILES string of the molecule is N#Cc1ccc2[nH]c(=S)n(-c3cc(F)ccc3Br)c2c1. The van der Waals surface area contributed by atoms with Crippen LogP contribution in [-0.2, 0) is 0 Å². The summed E-state index contributed by atoms with van der Waals surface area (Å²) in [5, 5.41) is 9.00. The van der Waals surface area contributed by atoms with Gasteiger partial charge in [0.05, 0.1) is 28.4 Å². The average molecular weight is 348 g/mol. The second-order valence-corrected chi connectivity index (χ2v) is 5.45. The standard InChI is InChI=1S/C14H7BrFN3S/c15-10-3-2-9(16)6-12(10)19-13-5-8(7-17)1-4-11(13)18-14(19)20/h1-6H,(H,18,20). The molecule has 3 rings (SSSR count). The van der Waals surface area contributed by atoms with Crippen molar-refractivity contribution in [2.75, 3.05) is 0 Å². The Labute approximate surface area is 127 Å². The van der Waals surface area contributed by atoms with Gasteiger partial charge in [-0.3, -0.25) is 4.57 Å². The van der Waals surface area contributed by atoms with E-state index in [4.69, 9.17) is 17.5 Å². The van der Waals surface area contributed by atoms with Gasteiger partial charge < -0.3 is 4.98 Å². The van der Waals surface area contributed by atoms with Crippen molar-refractivity contribution >= 4 is 39.2 Å². The maximum atomic E-state index is 13.5. The van der Waals surface area contributed by atoms with E-state index in [9.17, 15) is 4.39 Å². The average Bonchev–Trinajstić information content (AvgIpc) is 2.76. The summed E-state index contributed by atoms with van der Waals surface area (Å²) in [6, 6.07) is 11.7. The van der Waals surface area contributed by atoms with Crippen LogP contribution in [0.1, 0.15) is 5.56 Å². The molecule has 0 saturated heterocycles. The van der Waals surface area contributed by atoms with Gasteiger partial charge in [-0.25, -0.2) is 4.39 Å². The first-order valence-corrected chi connectivity index (χ1v) is 6.90. The Bertz CT molecular complexity index is 920. The molecule has 0 saturated carbocycles. The van der Waals surface area contributed by atoms with Crippen molar-refractivity contribution in [3.05, 3.63) is 57.0 Å². The van der Waals surface area contributed by atoms with Crippen LogP contribution in [0.2, 0.25) is 0 Å². The summed E-state index contributed by atoms with van der Waals surface area (Å²) in [5.41, 5.74) is 2.65. The van der Waals surface area contributed by atoms with Crippen LogP contribution in [0.5, 0.6) is 0 Å². The summed E-state index contributed by atoms with van der Waals surface area (Å²) in [7, 11) is 0. The smallest absolute Gasteiger partial charge is 0.182 e. The maximum absolute atomic E-state index is 13.5. The molecule has 0 amide bonds. The van der Waals surface area contributed by atoms with Crippen LogP contribution in [0.15, 0.2) is 40.9 Å². The monoisotopic (exact) mass is 347 g/mol. The number of rotatable bonds is 1. The third-order valence-electron chi connectivity index (χ3n) is 2.96. The molecule has 3 nitrogen and oxygen atoms in total. The molecule has 0 atom stereocenters. The molecule has 0 spiro atoms. The number of benzene rings is 2. The number of nitrogens with one attached hydrogen (secondary N) is 1. The molecule has 0 unspecified atom stereocenters. The number of hydrogen-bond donors (Lipinski definition) is 1. The van der Waals surface area contributed by atoms with E-state index < -0.39 is 0 Å². The highest BCUT2D eigenvalue weighted by molar-refractivity contribution is 9.10. The summed E-state index contributed by atoms with van der Waals surface area (Å²) >= 11 is 8.69. The molecule has 0 bridgehead atoms. The minimum atomic E-state index is -0.351. The van der Waals surface area contributed by atoms with Crippen molar-refractivity contribution in [1.29, 1.82) is 5.26 Å². The summed E-state index contributed by atoms with van der Waals surface area (Å²) in [4.78, 5) is 3.05. The Morgan fingerprint density at radius 2 is 2.05 bits per heavy atom. The third-order valence-corrected chi connectivity index (χ3v) is 3.92. The van der Waals surface area contributed by atoms with E-state index in [1.54, 1.807) is 28.8 Å². The van der Waals surface area contributed by atoms with E-state index in [1.807, 2.05) is 0 Å². The van der Waals surface area contributed by atoms with Crippen LogP contribution >= 0.6 is 28.1 Å². The molecule has 20 heavy (non-hydrogen) atoms. The highest BCUT2D eigenvalue weighted by atomic mass is 79.9. The lowest BCUT2D eigenvalue weighted by Crippen LogP contribution is -1.96. The van der Waals surface area contributed by atoms with E-state index >= 15 is 0 Å². The van der Waals surface area contributed by atoms with Gasteiger partial charge in [0.2, 0.25) is 0 Å². The normalized spacial score (nSPS) is 10.7. The summed E-state index contributed by atoms with van der Waals surface area (Å²) < 4.78 is 16.4. The van der Waals surface area contributed by atoms with Gasteiger partial charge in [-0.2, -0.15) is 5.26 Å². The van der Waals surface area contributed by atoms with E-state index in [0.717, 1.165) is 15.5 Å². The first-order valence-electron chi connectivity index (χ1n) is 5.70. The number of aromatic nitrogens is 2. The fourth-order valence-electron chi connectivity index (χ4n) is 2.07. The molecule has 1 heterocycles. The van der Waals surface area contributed by atoms with E-state index in [-0.39, 0.29) is 5.82 Å². The third kappa shape index (κ3) is 2.05. The fraction of sp³-hybridized carbons (Fsp3) is 0. The van der Waals surface area contributed by atoms with Crippen LogP contribution < -0.4 is 0 Å². The van der Waals surface area contributed by atoms with Gasteiger partial charge in [0.15, 0.2) is 4.77 Å². The van der Waals surface area contributed by atoms with Crippen molar-refractivity contribution in [2.45, 2.75) is 0 Å². The Kier molecular flexibility index (Phi) is 3.16. The van der Waals surface area contributed by atoms with E-state index in [2.05, 4.69) is 27.0 Å². The number of nitrogens with zero attached hydrogens (tertiary/aromatic N) is 2. The Morgan fingerprint density at radius 3 is 2.80 bits per heavy atom. The van der Waals surface area contributed by atoms with Gasteiger partial charge in [-0.1, -0.05) is 0 Å². The Balaban J connectivity index is 2.41. The van der Waals surface area contributed by atoms with Crippen molar-refractivity contribution in [2.24, 2.45) is 0 Å². The lowest BCUT2D eigenvalue weighted by Gasteiger charge is -2.07. The molecule has 1 N–H and O–H groups in total. The molecule has 6 heteroatoms. The summed E-state index contributed by atoms with van der Waals surface area (Å²) in [6.07, 6.45) is 0. The molecular weight excluding hydrogens is 341 g/mol. The van der Waals surface area contributed by atoms with Gasteiger partial charge in [0.1, 0.15) is 5.82 Å². The zero-order valence-corrected chi connectivity index (χ0v) is 12.4. The Hall–Kier alpha value is -1.97. The number of nitriles is 1. The molecule has 3 aromatic rings. The molecule has 0 radical (unpaired) electrons. The van der Waals surface area contributed by atoms with Crippen LogP contribution in [0.3, 0.4) is 0 Å². The number of halogens is 2. The van der Waals surface area contributed by atoms with E-state index in [1.165, 1.54) is 12.1 Å². The summed E-state index contributed by atoms with van der Waals surface area (Å²) in [6.45, 7) is 0. The van der Waals surface area contributed by atoms with Crippen molar-refractivity contribution in [1.82, 2.24) is 9.55 Å². The van der Waals surface area contributed by atoms with Gasteiger partial charge in [-0.05, 0) is 64.5 Å². The largest absolute Gasteiger partial charge is 0.330 e. The van der Waals surface area contributed by atoms with Crippen molar-refractivity contribution < 1.29 is 4.39 Å². The number of H-pyrrole nitrogens is 1. The molecule has 0 aliphatic rings. The number of fused-ring (bicyclic) bond motifs is 1. The quantitative estimate of drug-likeness (QED) is 0.660. The predicted molar refractivity (Wildman–Crippen MR) is 80.8 cm³/mol. The zero-order chi connectivity index (χ0) is 14.3. The Morgan fingerprint density at radius 1 is 1.25 bits per heavy atom. The number of hydrogen-bond acceptors (Lipinski definition) is 2. The van der Waals surface area contributed by atoms with Crippen LogP contribution in [0, 0.1) is 21.9 Å². The van der Waals surface area contributed by atoms with Gasteiger partial charge in [-0.15, -0.1) is 0 Å². The first-order chi connectivity index (χ1) is 9.60. The summed E-state index contributed by atoms with van der Waals surface area (Å²) in [5.74, 6) is -0.351. The van der Waals surface area contributed by atoms with E-state index in [0.29, 0.717) is 16.0 Å². The number of imidazole rings is 1. The predicted octanol–water partition coefficient (Wildman–Crippen LogP) is 4.46. The minimum absolute atomic E-state index is 0.351. The van der Waals surface area contributed by atoms with Crippen molar-refractivity contribution in [3.8, 4) is 11.8 Å². The highest BCUT2D eigenvalue weighted by Crippen LogP contribution is 2.27. The number of aromatic amines is 1. The van der Waals surface area contributed by atoms with Crippen LogP contribution in [0.4, 0.5) is 4.39 Å². The molecule has 0 fully saturated rings. The topological polar surface area (TPSA) is 44.5 Å². The second kappa shape index (κ2) is 4.85. The van der Waals surface area contributed by atoms with Gasteiger partial charge >= 0.3 is 0 Å². The first kappa shape index (κ1) is 13.0. The lowest BCUT2D eigenvalue weighted by molar-refractivity contribution is 0.626. The van der Waals surface area contributed by atoms with Crippen LogP contribution in [0.25, 0.3) is 16.7 Å². The van der Waals surface area contributed by atoms with Crippen LogP contribution in [-0.4, -0.2) is 9.55 Å². The zero-order valence-electron chi connectivity index (χ0n) is 10.0. The molecule has 98 valence electrons. The fourth-order valence-corrected chi connectivity index (χ4v) is 2.80. The maximum Gasteiger partial charge on any atom is 0.182 e. The highest BCUT2D eigenvalue weighted by Gasteiger charge is 2.11. The lowest BCUT2D eigenvalue weighted by atomic mass is 10.2.